The fourth-order valence-corrected chi connectivity index (χ4v) is 2.74. The minimum atomic E-state index is 0.108. The number of unbranched alkanes of at least 4 members (excludes halogenated alkanes) is 2. The molecule has 1 aliphatic heterocycles. The molecule has 0 amide bonds. The molecule has 1 aromatic rings. The van der Waals surface area contributed by atoms with E-state index in [0.29, 0.717) is 0 Å². The van der Waals surface area contributed by atoms with Crippen molar-refractivity contribution in [2.45, 2.75) is 38.7 Å². The lowest BCUT2D eigenvalue weighted by Crippen LogP contribution is -2.35. The predicted octanol–water partition coefficient (Wildman–Crippen LogP) is 3.05. The third kappa shape index (κ3) is 2.51. The lowest BCUT2D eigenvalue weighted by atomic mass is 9.93. The maximum Gasteiger partial charge on any atom is 0.142 e. The van der Waals surface area contributed by atoms with Gasteiger partial charge in [-0.1, -0.05) is 56.2 Å². The van der Waals surface area contributed by atoms with Gasteiger partial charge >= 0.3 is 0 Å². The molecule has 19 heavy (non-hydrogen) atoms. The van der Waals surface area contributed by atoms with Gasteiger partial charge in [-0.15, -0.1) is 0 Å². The molecule has 0 bridgehead atoms. The Bertz CT molecular complexity index is 634. The van der Waals surface area contributed by atoms with Crippen LogP contribution in [0.2, 0.25) is 0 Å². The number of allylic oxidation sites excluding steroid dienone is 2. The summed E-state index contributed by atoms with van der Waals surface area (Å²) in [7, 11) is 0. The highest BCUT2D eigenvalue weighted by atomic mass is 16.5. The highest BCUT2D eigenvalue weighted by Gasteiger charge is 2.18. The average Bonchev–Trinajstić information content (AvgIpc) is 2.47. The Morgan fingerprint density at radius 2 is 2.00 bits per heavy atom. The SMILES string of the molecule is CCCCCC1=CC2OC=c3ccccc3=C2C=C1. The van der Waals surface area contributed by atoms with Crippen LogP contribution < -0.4 is 10.4 Å². The van der Waals surface area contributed by atoms with E-state index >= 15 is 0 Å². The van der Waals surface area contributed by atoms with Gasteiger partial charge in [0.05, 0.1) is 6.26 Å². The molecule has 1 aromatic carbocycles. The zero-order valence-corrected chi connectivity index (χ0v) is 11.4. The Labute approximate surface area is 114 Å². The zero-order chi connectivity index (χ0) is 13.1. The maximum atomic E-state index is 5.86. The molecule has 0 N–H and O–H groups in total. The largest absolute Gasteiger partial charge is 0.489 e. The van der Waals surface area contributed by atoms with Crippen LogP contribution in [0.25, 0.3) is 11.8 Å². The van der Waals surface area contributed by atoms with Crippen molar-refractivity contribution in [3.05, 3.63) is 58.5 Å². The Morgan fingerprint density at radius 3 is 2.89 bits per heavy atom. The summed E-state index contributed by atoms with van der Waals surface area (Å²) in [4.78, 5) is 0. The molecule has 2 aliphatic rings. The first-order valence-corrected chi connectivity index (χ1v) is 7.22. The van der Waals surface area contributed by atoms with Crippen LogP contribution in [0.4, 0.5) is 0 Å². The number of rotatable bonds is 4. The van der Waals surface area contributed by atoms with E-state index in [1.54, 1.807) is 0 Å². The van der Waals surface area contributed by atoms with E-state index in [1.807, 2.05) is 6.26 Å². The highest BCUT2D eigenvalue weighted by molar-refractivity contribution is 5.68. The van der Waals surface area contributed by atoms with Crippen LogP contribution in [0.3, 0.4) is 0 Å². The van der Waals surface area contributed by atoms with Crippen molar-refractivity contribution in [2.75, 3.05) is 0 Å². The number of benzene rings is 1. The van der Waals surface area contributed by atoms with E-state index in [0.717, 1.165) is 0 Å². The van der Waals surface area contributed by atoms with Crippen molar-refractivity contribution in [1.29, 1.82) is 0 Å². The molecule has 1 atom stereocenters. The normalized spacial score (nSPS) is 19.9. The lowest BCUT2D eigenvalue weighted by molar-refractivity contribution is 0.274. The number of hydrogen-bond donors (Lipinski definition) is 0. The van der Waals surface area contributed by atoms with Gasteiger partial charge in [-0.05, 0) is 29.7 Å². The van der Waals surface area contributed by atoms with E-state index in [1.165, 1.54) is 47.3 Å². The minimum absolute atomic E-state index is 0.108. The second-order valence-corrected chi connectivity index (χ2v) is 5.25. The number of ether oxygens (including phenoxy) is 1. The van der Waals surface area contributed by atoms with Gasteiger partial charge in [-0.25, -0.2) is 0 Å². The first-order chi connectivity index (χ1) is 9.38. The second-order valence-electron chi connectivity index (χ2n) is 5.25. The van der Waals surface area contributed by atoms with E-state index < -0.39 is 0 Å². The Hall–Kier alpha value is -1.76. The smallest absolute Gasteiger partial charge is 0.142 e. The topological polar surface area (TPSA) is 9.23 Å². The minimum Gasteiger partial charge on any atom is -0.489 e. The Balaban J connectivity index is 1.88. The van der Waals surface area contributed by atoms with E-state index in [-0.39, 0.29) is 6.10 Å². The first kappa shape index (κ1) is 12.3. The molecule has 1 aliphatic carbocycles. The fourth-order valence-electron chi connectivity index (χ4n) is 2.74. The maximum absolute atomic E-state index is 5.86. The van der Waals surface area contributed by atoms with Crippen LogP contribution in [-0.4, -0.2) is 6.10 Å². The second kappa shape index (κ2) is 5.48. The molecule has 0 saturated carbocycles. The van der Waals surface area contributed by atoms with E-state index in [4.69, 9.17) is 4.74 Å². The standard InChI is InChI=1S/C18H20O/c1-2-3-4-7-14-10-11-17-16-9-6-5-8-15(16)13-19-18(17)12-14/h5-6,8-13,18H,2-4,7H2,1H3. The van der Waals surface area contributed by atoms with Crippen molar-refractivity contribution in [3.8, 4) is 0 Å². The molecule has 3 rings (SSSR count). The summed E-state index contributed by atoms with van der Waals surface area (Å²) in [5.41, 5.74) is 2.70. The average molecular weight is 252 g/mol. The van der Waals surface area contributed by atoms with Crippen molar-refractivity contribution < 1.29 is 4.74 Å². The lowest BCUT2D eigenvalue weighted by Gasteiger charge is -2.22. The summed E-state index contributed by atoms with van der Waals surface area (Å²) in [5, 5.41) is 2.49. The summed E-state index contributed by atoms with van der Waals surface area (Å²) in [6.45, 7) is 2.24. The van der Waals surface area contributed by atoms with Crippen LogP contribution >= 0.6 is 0 Å². The molecule has 1 heterocycles. The van der Waals surface area contributed by atoms with E-state index in [9.17, 15) is 0 Å². The number of hydrogen-bond acceptors (Lipinski definition) is 1. The molecule has 0 saturated heterocycles. The summed E-state index contributed by atoms with van der Waals surface area (Å²) in [6, 6.07) is 8.43. The molecular formula is C18H20O. The molecule has 1 unspecified atom stereocenters. The van der Waals surface area contributed by atoms with Gasteiger partial charge in [0.15, 0.2) is 0 Å². The van der Waals surface area contributed by atoms with Gasteiger partial charge in [0.25, 0.3) is 0 Å². The molecule has 0 radical (unpaired) electrons. The van der Waals surface area contributed by atoms with Gasteiger partial charge in [0.2, 0.25) is 0 Å². The Kier molecular flexibility index (Phi) is 3.54. The third-order valence-electron chi connectivity index (χ3n) is 3.83. The molecule has 0 fully saturated rings. The van der Waals surface area contributed by atoms with Gasteiger partial charge in [0.1, 0.15) is 6.10 Å². The third-order valence-corrected chi connectivity index (χ3v) is 3.83. The molecular weight excluding hydrogens is 232 g/mol. The van der Waals surface area contributed by atoms with Crippen molar-refractivity contribution >= 4 is 11.8 Å². The van der Waals surface area contributed by atoms with Crippen LogP contribution in [-0.2, 0) is 4.74 Å². The van der Waals surface area contributed by atoms with Crippen molar-refractivity contribution in [2.24, 2.45) is 0 Å². The zero-order valence-electron chi connectivity index (χ0n) is 11.4. The quantitative estimate of drug-likeness (QED) is 0.748. The van der Waals surface area contributed by atoms with Crippen molar-refractivity contribution in [1.82, 2.24) is 0 Å². The summed E-state index contributed by atoms with van der Waals surface area (Å²) in [5.74, 6) is 0. The van der Waals surface area contributed by atoms with Crippen LogP contribution in [0.5, 0.6) is 0 Å². The highest BCUT2D eigenvalue weighted by Crippen LogP contribution is 2.23. The molecule has 98 valence electrons. The van der Waals surface area contributed by atoms with Crippen LogP contribution in [0.1, 0.15) is 32.6 Å². The summed E-state index contributed by atoms with van der Waals surface area (Å²) in [6.07, 6.45) is 13.8. The monoisotopic (exact) mass is 252 g/mol. The Morgan fingerprint density at radius 1 is 1.11 bits per heavy atom. The molecule has 1 heteroatoms. The molecule has 1 nitrogen and oxygen atoms in total. The van der Waals surface area contributed by atoms with Gasteiger partial charge < -0.3 is 4.74 Å². The van der Waals surface area contributed by atoms with Crippen LogP contribution in [0.15, 0.2) is 48.1 Å². The number of fused-ring (bicyclic) bond motifs is 2. The van der Waals surface area contributed by atoms with Gasteiger partial charge in [0, 0.05) is 10.8 Å². The van der Waals surface area contributed by atoms with Gasteiger partial charge in [-0.3, -0.25) is 0 Å². The van der Waals surface area contributed by atoms with Crippen LogP contribution in [0, 0.1) is 0 Å². The van der Waals surface area contributed by atoms with Crippen molar-refractivity contribution in [3.63, 3.8) is 0 Å². The summed E-state index contributed by atoms with van der Waals surface area (Å²) >= 11 is 0. The predicted molar refractivity (Wildman–Crippen MR) is 79.8 cm³/mol. The van der Waals surface area contributed by atoms with Gasteiger partial charge in [-0.2, -0.15) is 0 Å². The molecule has 0 spiro atoms. The summed E-state index contributed by atoms with van der Waals surface area (Å²) < 4.78 is 5.86. The molecule has 0 aromatic heterocycles. The fraction of sp³-hybridized carbons (Fsp3) is 0.333. The van der Waals surface area contributed by atoms with E-state index in [2.05, 4.69) is 49.4 Å². The first-order valence-electron chi connectivity index (χ1n) is 7.22.